The number of benzene rings is 2. The van der Waals surface area contributed by atoms with Gasteiger partial charge in [0.25, 0.3) is 0 Å². The Kier molecular flexibility index (Phi) is 15.5. The third-order valence-electron chi connectivity index (χ3n) is 4.18. The Hall–Kier alpha value is -4.46. The molecule has 37 heavy (non-hydrogen) atoms. The number of hydrogen-bond donors (Lipinski definition) is 2. The highest BCUT2D eigenvalue weighted by Gasteiger charge is 1.97. The van der Waals surface area contributed by atoms with Gasteiger partial charge in [-0.2, -0.15) is 19.2 Å². The van der Waals surface area contributed by atoms with Crippen LogP contribution < -0.4 is 10.6 Å². The van der Waals surface area contributed by atoms with Gasteiger partial charge in [-0.05, 0) is 18.1 Å². The van der Waals surface area contributed by atoms with Crippen LogP contribution >= 0.6 is 23.2 Å². The zero-order valence-electron chi connectivity index (χ0n) is 19.6. The van der Waals surface area contributed by atoms with Crippen molar-refractivity contribution >= 4 is 47.1 Å². The van der Waals surface area contributed by atoms with E-state index in [1.54, 1.807) is 12.1 Å². The van der Waals surface area contributed by atoms with E-state index in [2.05, 4.69) is 73.9 Å². The minimum Gasteiger partial charge on any atom is -0.366 e. The van der Waals surface area contributed by atoms with Crippen molar-refractivity contribution in [3.8, 4) is 0 Å². The van der Waals surface area contributed by atoms with E-state index < -0.39 is 0 Å². The average molecular weight is 541 g/mol. The van der Waals surface area contributed by atoms with Gasteiger partial charge < -0.3 is 10.6 Å². The number of halogens is 2. The smallest absolute Gasteiger partial charge is 0.366 e. The first-order valence-electron chi connectivity index (χ1n) is 10.4. The summed E-state index contributed by atoms with van der Waals surface area (Å²) in [5.41, 5.74) is 3.67. The summed E-state index contributed by atoms with van der Waals surface area (Å²) in [7, 11) is 0. The molecule has 0 saturated heterocycles. The lowest BCUT2D eigenvalue weighted by molar-refractivity contribution is -0.193. The fraction of sp³-hybridized carbons (Fsp3) is 0.120. The van der Waals surface area contributed by atoms with Gasteiger partial charge in [0.15, 0.2) is 0 Å². The van der Waals surface area contributed by atoms with Crippen LogP contribution in [-0.4, -0.2) is 32.2 Å². The van der Waals surface area contributed by atoms with Gasteiger partial charge in [0.05, 0.1) is 0 Å². The van der Waals surface area contributed by atoms with Gasteiger partial charge in [0, 0.05) is 25.2 Å². The molecule has 0 radical (unpaired) electrons. The van der Waals surface area contributed by atoms with Crippen molar-refractivity contribution < 1.29 is 19.2 Å². The predicted octanol–water partition coefficient (Wildman–Crippen LogP) is 4.63. The molecule has 0 aliphatic heterocycles. The third-order valence-corrected chi connectivity index (χ3v) is 4.59. The Bertz CT molecular complexity index is 1250. The number of anilines is 2. The molecule has 0 aliphatic carbocycles. The topological polar surface area (TPSA) is 144 Å². The summed E-state index contributed by atoms with van der Waals surface area (Å²) < 4.78 is 0. The normalized spacial score (nSPS) is 8.84. The number of carbonyl (C=O) groups excluding carboxylic acids is 4. The van der Waals surface area contributed by atoms with Gasteiger partial charge in [-0.25, -0.2) is 19.9 Å². The van der Waals surface area contributed by atoms with Crippen LogP contribution in [0.5, 0.6) is 0 Å². The molecule has 0 unspecified atom stereocenters. The van der Waals surface area contributed by atoms with Gasteiger partial charge in [-0.15, -0.1) is 0 Å². The second kappa shape index (κ2) is 18.8. The third kappa shape index (κ3) is 14.5. The summed E-state index contributed by atoms with van der Waals surface area (Å²) in [6.45, 7) is 3.53. The highest BCUT2D eigenvalue weighted by atomic mass is 35.5. The molecule has 0 saturated carbocycles. The SMILES string of the molecule is Cc1ccc(CNc2cc(Cl)ncn2)cc1.Clc1cc(NCc2ccccc2)ncn1.O=C=O.O=C=O. The fourth-order valence-corrected chi connectivity index (χ4v) is 2.84. The number of aryl methyl sites for hydroxylation is 1. The van der Waals surface area contributed by atoms with E-state index in [0.717, 1.165) is 24.7 Å². The predicted molar refractivity (Wildman–Crippen MR) is 136 cm³/mol. The van der Waals surface area contributed by atoms with Crippen molar-refractivity contribution in [2.45, 2.75) is 20.0 Å². The summed E-state index contributed by atoms with van der Waals surface area (Å²) >= 11 is 11.5. The summed E-state index contributed by atoms with van der Waals surface area (Å²) in [6.07, 6.45) is 3.38. The van der Waals surface area contributed by atoms with Crippen LogP contribution in [0.15, 0.2) is 79.4 Å². The second-order valence-corrected chi connectivity index (χ2v) is 7.57. The number of nitrogens with one attached hydrogen (secondary N) is 2. The van der Waals surface area contributed by atoms with Crippen molar-refractivity contribution in [1.29, 1.82) is 0 Å². The van der Waals surface area contributed by atoms with Crippen molar-refractivity contribution in [2.24, 2.45) is 0 Å². The van der Waals surface area contributed by atoms with Crippen LogP contribution in [0.1, 0.15) is 16.7 Å². The minimum absolute atomic E-state index is 0.250. The Labute approximate surface area is 223 Å². The molecule has 4 rings (SSSR count). The van der Waals surface area contributed by atoms with Crippen LogP contribution in [0, 0.1) is 6.92 Å². The molecule has 4 aromatic rings. The van der Waals surface area contributed by atoms with Crippen LogP contribution in [0.2, 0.25) is 10.3 Å². The molecule has 0 spiro atoms. The maximum absolute atomic E-state index is 8.12. The molecular weight excluding hydrogens is 519 g/mol. The van der Waals surface area contributed by atoms with E-state index in [4.69, 9.17) is 42.4 Å². The van der Waals surface area contributed by atoms with Crippen molar-refractivity contribution in [1.82, 2.24) is 19.9 Å². The Balaban J connectivity index is 0.000000306. The molecule has 2 aromatic heterocycles. The van der Waals surface area contributed by atoms with Gasteiger partial charge in [0.2, 0.25) is 0 Å². The van der Waals surface area contributed by atoms with E-state index in [1.807, 2.05) is 18.2 Å². The van der Waals surface area contributed by atoms with E-state index in [0.29, 0.717) is 10.3 Å². The molecule has 0 fully saturated rings. The first kappa shape index (κ1) is 30.6. The molecule has 190 valence electrons. The lowest BCUT2D eigenvalue weighted by Gasteiger charge is -2.05. The standard InChI is InChI=1S/C12H12ClN3.C11H10ClN3.2CO2/c1-9-2-4-10(5-3-9)7-14-12-6-11(13)15-8-16-12;12-10-6-11(15-8-14-10)13-7-9-4-2-1-3-5-9;2*2-1-3/h2-6,8H,7H2,1H3,(H,14,15,16);1-6,8H,7H2,(H,13,14,15);;. The maximum atomic E-state index is 8.12. The zero-order valence-corrected chi connectivity index (χ0v) is 21.1. The van der Waals surface area contributed by atoms with E-state index >= 15 is 0 Å². The van der Waals surface area contributed by atoms with Crippen LogP contribution in [0.25, 0.3) is 0 Å². The molecule has 2 aromatic carbocycles. The largest absolute Gasteiger partial charge is 0.373 e. The summed E-state index contributed by atoms with van der Waals surface area (Å²) in [4.78, 5) is 48.2. The van der Waals surface area contributed by atoms with E-state index in [9.17, 15) is 0 Å². The summed E-state index contributed by atoms with van der Waals surface area (Å²) in [6, 6.07) is 21.9. The average Bonchev–Trinajstić information content (AvgIpc) is 2.89. The molecule has 0 atom stereocenters. The summed E-state index contributed by atoms with van der Waals surface area (Å²) in [5, 5.41) is 7.24. The number of rotatable bonds is 6. The highest BCUT2D eigenvalue weighted by molar-refractivity contribution is 6.29. The molecule has 10 nitrogen and oxygen atoms in total. The van der Waals surface area contributed by atoms with Crippen molar-refractivity contribution in [3.63, 3.8) is 0 Å². The quantitative estimate of drug-likeness (QED) is 0.332. The second-order valence-electron chi connectivity index (χ2n) is 6.80. The Morgan fingerprint density at radius 1 is 0.649 bits per heavy atom. The number of nitrogens with zero attached hydrogens (tertiary/aromatic N) is 4. The first-order valence-corrected chi connectivity index (χ1v) is 11.2. The Morgan fingerprint density at radius 3 is 1.46 bits per heavy atom. The fourth-order valence-electron chi connectivity index (χ4n) is 2.55. The van der Waals surface area contributed by atoms with Gasteiger partial charge >= 0.3 is 12.3 Å². The summed E-state index contributed by atoms with van der Waals surface area (Å²) in [5.74, 6) is 1.47. The van der Waals surface area contributed by atoms with E-state index in [-0.39, 0.29) is 12.3 Å². The first-order chi connectivity index (χ1) is 17.9. The zero-order chi connectivity index (χ0) is 27.3. The van der Waals surface area contributed by atoms with Crippen LogP contribution in [0.4, 0.5) is 11.6 Å². The molecule has 0 bridgehead atoms. The van der Waals surface area contributed by atoms with Crippen LogP contribution in [0.3, 0.4) is 0 Å². The highest BCUT2D eigenvalue weighted by Crippen LogP contribution is 2.11. The molecule has 2 N–H and O–H groups in total. The van der Waals surface area contributed by atoms with Crippen molar-refractivity contribution in [2.75, 3.05) is 10.6 Å². The molecule has 0 aliphatic rings. The van der Waals surface area contributed by atoms with Crippen LogP contribution in [-0.2, 0) is 32.3 Å². The minimum atomic E-state index is 0.250. The molecule has 0 amide bonds. The number of aromatic nitrogens is 4. The number of hydrogen-bond acceptors (Lipinski definition) is 10. The van der Waals surface area contributed by atoms with E-state index in [1.165, 1.54) is 29.3 Å². The Morgan fingerprint density at radius 2 is 1.05 bits per heavy atom. The van der Waals surface area contributed by atoms with Crippen molar-refractivity contribution in [3.05, 3.63) is 106 Å². The molecular formula is C25H22Cl2N6O4. The maximum Gasteiger partial charge on any atom is 0.373 e. The van der Waals surface area contributed by atoms with Gasteiger partial charge in [-0.1, -0.05) is 83.4 Å². The van der Waals surface area contributed by atoms with Gasteiger partial charge in [0.1, 0.15) is 34.6 Å². The lowest BCUT2D eigenvalue weighted by Crippen LogP contribution is -2.01. The molecule has 2 heterocycles. The van der Waals surface area contributed by atoms with Gasteiger partial charge in [-0.3, -0.25) is 0 Å². The molecule has 12 heteroatoms. The lowest BCUT2D eigenvalue weighted by atomic mass is 10.1. The monoisotopic (exact) mass is 540 g/mol.